The highest BCUT2D eigenvalue weighted by Crippen LogP contribution is 2.34. The molecule has 4 nitrogen and oxygen atoms in total. The van der Waals surface area contributed by atoms with Gasteiger partial charge in [-0.1, -0.05) is 55.3 Å². The first-order valence-electron chi connectivity index (χ1n) is 11.6. The van der Waals surface area contributed by atoms with Crippen molar-refractivity contribution in [2.45, 2.75) is 70.3 Å². The topological polar surface area (TPSA) is 70.7 Å². The minimum absolute atomic E-state index is 0.236. The molecule has 1 heterocycles. The molecule has 0 saturated carbocycles. The molecule has 0 fully saturated rings. The fourth-order valence-electron chi connectivity index (χ4n) is 4.78. The van der Waals surface area contributed by atoms with E-state index in [1.807, 2.05) is 36.4 Å². The smallest absolute Gasteiger partial charge is 0.306 e. The average molecular weight is 421 g/mol. The molecule has 4 heteroatoms. The molecule has 0 saturated heterocycles. The third-order valence-corrected chi connectivity index (χ3v) is 6.58. The Kier molecular flexibility index (Phi) is 7.08. The predicted molar refractivity (Wildman–Crippen MR) is 122 cm³/mol. The Morgan fingerprint density at radius 2 is 1.81 bits per heavy atom. The lowest BCUT2D eigenvalue weighted by Gasteiger charge is -2.17. The van der Waals surface area contributed by atoms with Crippen LogP contribution in [-0.4, -0.2) is 16.2 Å². The van der Waals surface area contributed by atoms with Crippen LogP contribution in [-0.2, 0) is 24.1 Å². The van der Waals surface area contributed by atoms with Crippen LogP contribution in [0.3, 0.4) is 0 Å². The number of unbranched alkanes of at least 4 members (excludes halogenated alkanes) is 2. The van der Waals surface area contributed by atoms with Crippen molar-refractivity contribution in [3.63, 3.8) is 0 Å². The number of carbonyl (C=O) groups is 1. The minimum Gasteiger partial charge on any atom is -0.481 e. The number of hydrogen-bond acceptors (Lipinski definition) is 3. The first kappa shape index (κ1) is 21.6. The molecule has 2 N–H and O–H groups in total. The van der Waals surface area contributed by atoms with Crippen LogP contribution in [0, 0.1) is 5.92 Å². The lowest BCUT2D eigenvalue weighted by Crippen LogP contribution is -2.17. The van der Waals surface area contributed by atoms with E-state index in [-0.39, 0.29) is 6.42 Å². The standard InChI is InChI=1S/C27H32O4/c28-24(20-15-16-23-22-13-7-8-14-25(22)31-26(23)18-20)17-21(27(29)30)12-6-2-5-11-19-9-3-1-4-10-19/h1,3-4,9-10,15-16,18,21,24,28H,2,5-8,11-14,17H2,(H,29,30). The third kappa shape index (κ3) is 5.37. The second kappa shape index (κ2) is 10.1. The van der Waals surface area contributed by atoms with Crippen LogP contribution < -0.4 is 0 Å². The van der Waals surface area contributed by atoms with Crippen molar-refractivity contribution in [1.82, 2.24) is 0 Å². The molecule has 3 aromatic rings. The van der Waals surface area contributed by atoms with Crippen LogP contribution in [0.25, 0.3) is 11.0 Å². The summed E-state index contributed by atoms with van der Waals surface area (Å²) in [6.45, 7) is 0. The van der Waals surface area contributed by atoms with E-state index in [2.05, 4.69) is 12.1 Å². The van der Waals surface area contributed by atoms with Gasteiger partial charge in [-0.3, -0.25) is 4.79 Å². The zero-order chi connectivity index (χ0) is 21.6. The molecule has 0 aliphatic heterocycles. The largest absolute Gasteiger partial charge is 0.481 e. The van der Waals surface area contributed by atoms with Crippen molar-refractivity contribution in [2.24, 2.45) is 5.92 Å². The van der Waals surface area contributed by atoms with Gasteiger partial charge >= 0.3 is 5.97 Å². The van der Waals surface area contributed by atoms with E-state index in [1.54, 1.807) is 0 Å². The molecule has 0 radical (unpaired) electrons. The van der Waals surface area contributed by atoms with E-state index >= 15 is 0 Å². The Morgan fingerprint density at radius 3 is 2.61 bits per heavy atom. The predicted octanol–water partition coefficient (Wildman–Crippen LogP) is 6.24. The minimum atomic E-state index is -0.823. The Balaban J connectivity index is 1.31. The van der Waals surface area contributed by atoms with Crippen molar-refractivity contribution in [1.29, 1.82) is 0 Å². The van der Waals surface area contributed by atoms with E-state index < -0.39 is 18.0 Å². The number of aryl methyl sites for hydroxylation is 3. The van der Waals surface area contributed by atoms with Crippen LogP contribution in [0.5, 0.6) is 0 Å². The monoisotopic (exact) mass is 420 g/mol. The Labute approximate surface area is 183 Å². The van der Waals surface area contributed by atoms with Gasteiger partial charge in [-0.05, 0) is 62.1 Å². The molecule has 2 unspecified atom stereocenters. The van der Waals surface area contributed by atoms with Gasteiger partial charge in [0.05, 0.1) is 12.0 Å². The molecule has 4 rings (SSSR count). The van der Waals surface area contributed by atoms with Crippen molar-refractivity contribution < 1.29 is 19.4 Å². The fraction of sp³-hybridized carbons (Fsp3) is 0.444. The molecule has 0 bridgehead atoms. The number of aliphatic hydroxyl groups excluding tert-OH is 1. The molecule has 0 spiro atoms. The molecule has 0 amide bonds. The van der Waals surface area contributed by atoms with Crippen LogP contribution in [0.4, 0.5) is 0 Å². The maximum atomic E-state index is 11.8. The van der Waals surface area contributed by atoms with Crippen LogP contribution in [0.2, 0.25) is 0 Å². The van der Waals surface area contributed by atoms with Gasteiger partial charge in [0.15, 0.2) is 0 Å². The average Bonchev–Trinajstić information content (AvgIpc) is 3.16. The van der Waals surface area contributed by atoms with Gasteiger partial charge in [0.1, 0.15) is 11.3 Å². The van der Waals surface area contributed by atoms with Crippen LogP contribution in [0.15, 0.2) is 52.9 Å². The Hall–Kier alpha value is -2.59. The molecular formula is C27H32O4. The van der Waals surface area contributed by atoms with E-state index in [0.29, 0.717) is 6.42 Å². The van der Waals surface area contributed by atoms with Gasteiger partial charge in [0, 0.05) is 17.4 Å². The number of carboxylic acids is 1. The summed E-state index contributed by atoms with van der Waals surface area (Å²) in [7, 11) is 0. The second-order valence-corrected chi connectivity index (χ2v) is 8.84. The zero-order valence-corrected chi connectivity index (χ0v) is 18.1. The van der Waals surface area contributed by atoms with Crippen molar-refractivity contribution in [3.8, 4) is 0 Å². The van der Waals surface area contributed by atoms with Gasteiger partial charge in [-0.25, -0.2) is 0 Å². The summed E-state index contributed by atoms with van der Waals surface area (Å²) >= 11 is 0. The van der Waals surface area contributed by atoms with Gasteiger partial charge in [-0.2, -0.15) is 0 Å². The summed E-state index contributed by atoms with van der Waals surface area (Å²) in [6.07, 6.45) is 8.36. The first-order chi connectivity index (χ1) is 15.1. The molecule has 1 aliphatic carbocycles. The summed E-state index contributed by atoms with van der Waals surface area (Å²) < 4.78 is 6.03. The SMILES string of the molecule is O=C(O)C(CCCCCc1ccccc1)CC(O)c1ccc2c3c(oc2c1)CCCC3. The highest BCUT2D eigenvalue weighted by molar-refractivity contribution is 5.83. The van der Waals surface area contributed by atoms with E-state index in [9.17, 15) is 15.0 Å². The number of benzene rings is 2. The van der Waals surface area contributed by atoms with E-state index in [0.717, 1.165) is 67.2 Å². The van der Waals surface area contributed by atoms with E-state index in [4.69, 9.17) is 4.42 Å². The summed E-state index contributed by atoms with van der Waals surface area (Å²) in [4.78, 5) is 11.8. The fourth-order valence-corrected chi connectivity index (χ4v) is 4.78. The molecular weight excluding hydrogens is 388 g/mol. The number of furan rings is 1. The number of rotatable bonds is 10. The van der Waals surface area contributed by atoms with Gasteiger partial charge in [-0.15, -0.1) is 0 Å². The summed E-state index contributed by atoms with van der Waals surface area (Å²) in [6, 6.07) is 16.2. The normalized spacial score (nSPS) is 15.5. The lowest BCUT2D eigenvalue weighted by atomic mass is 9.91. The first-order valence-corrected chi connectivity index (χ1v) is 11.6. The zero-order valence-electron chi connectivity index (χ0n) is 18.1. The third-order valence-electron chi connectivity index (χ3n) is 6.58. The molecule has 2 atom stereocenters. The van der Waals surface area contributed by atoms with Gasteiger partial charge in [0.2, 0.25) is 0 Å². The highest BCUT2D eigenvalue weighted by atomic mass is 16.4. The Bertz CT molecular complexity index is 1000. The van der Waals surface area contributed by atoms with Crippen molar-refractivity contribution >= 4 is 16.9 Å². The number of aliphatic hydroxyl groups is 1. The molecule has 1 aliphatic rings. The molecule has 2 aromatic carbocycles. The maximum Gasteiger partial charge on any atom is 0.306 e. The Morgan fingerprint density at radius 1 is 1.00 bits per heavy atom. The molecule has 1 aromatic heterocycles. The van der Waals surface area contributed by atoms with E-state index in [1.165, 1.54) is 17.5 Å². The summed E-state index contributed by atoms with van der Waals surface area (Å²) in [5.41, 5.74) is 4.19. The highest BCUT2D eigenvalue weighted by Gasteiger charge is 2.23. The van der Waals surface area contributed by atoms with Crippen LogP contribution >= 0.6 is 0 Å². The quantitative estimate of drug-likeness (QED) is 0.381. The second-order valence-electron chi connectivity index (χ2n) is 8.84. The summed E-state index contributed by atoms with van der Waals surface area (Å²) in [5.74, 6) is -0.282. The maximum absolute atomic E-state index is 11.8. The molecule has 164 valence electrons. The van der Waals surface area contributed by atoms with Crippen molar-refractivity contribution in [2.75, 3.05) is 0 Å². The van der Waals surface area contributed by atoms with Crippen molar-refractivity contribution in [3.05, 3.63) is 71.0 Å². The number of carboxylic acid groups (broad SMARTS) is 1. The van der Waals surface area contributed by atoms with Gasteiger partial charge in [0.25, 0.3) is 0 Å². The van der Waals surface area contributed by atoms with Gasteiger partial charge < -0.3 is 14.6 Å². The number of fused-ring (bicyclic) bond motifs is 3. The number of aliphatic carboxylic acids is 1. The summed E-state index contributed by atoms with van der Waals surface area (Å²) in [5, 5.41) is 21.5. The number of hydrogen-bond donors (Lipinski definition) is 2. The lowest BCUT2D eigenvalue weighted by molar-refractivity contribution is -0.143. The van der Waals surface area contributed by atoms with Crippen LogP contribution in [0.1, 0.15) is 73.5 Å². The molecule has 31 heavy (non-hydrogen) atoms.